The van der Waals surface area contributed by atoms with Crippen molar-refractivity contribution < 1.29 is 42.1 Å². The van der Waals surface area contributed by atoms with E-state index >= 15 is 0 Å². The van der Waals surface area contributed by atoms with Crippen molar-refractivity contribution in [2.45, 2.75) is 200 Å². The highest BCUT2D eigenvalue weighted by molar-refractivity contribution is 7.45. The standard InChI is InChI=1S/C50H90NO8P/c1-6-8-10-12-14-16-18-20-22-23-24-25-26-27-29-31-33-35-37-39-41-43-50(53)59-48(47-58-60(54,55)57-45-44-51(3,4)5)46-56-49(52)42-40-38-36-34-32-30-28-21-19-17-15-13-11-9-7-2/h9,11,15,17,20-22,28,32,34,48H,6-8,10,12-14,16,18-19,23-27,29-31,33,35-47H2,1-5H3/b11-9-,17-15-,22-20-,28-21-,34-32-/t48-/m1/s1. The lowest BCUT2D eigenvalue weighted by molar-refractivity contribution is -0.870. The number of nitrogens with zero attached hydrogens (tertiary/aromatic N) is 1. The first-order valence-electron chi connectivity index (χ1n) is 24.0. The Labute approximate surface area is 368 Å². The van der Waals surface area contributed by atoms with Gasteiger partial charge in [-0.2, -0.15) is 0 Å². The summed E-state index contributed by atoms with van der Waals surface area (Å²) in [6, 6.07) is 0. The number of allylic oxidation sites excluding steroid dienone is 10. The minimum Gasteiger partial charge on any atom is -0.756 e. The largest absolute Gasteiger partial charge is 0.756 e. The molecule has 0 amide bonds. The van der Waals surface area contributed by atoms with Gasteiger partial charge in [-0.3, -0.25) is 14.2 Å². The fraction of sp³-hybridized carbons (Fsp3) is 0.760. The molecule has 0 fully saturated rings. The first kappa shape index (κ1) is 57.7. The summed E-state index contributed by atoms with van der Waals surface area (Å²) in [6.07, 6.45) is 51.1. The van der Waals surface area contributed by atoms with Crippen molar-refractivity contribution in [2.75, 3.05) is 47.5 Å². The van der Waals surface area contributed by atoms with Crippen molar-refractivity contribution in [3.05, 3.63) is 60.8 Å². The summed E-state index contributed by atoms with van der Waals surface area (Å²) in [5.74, 6) is -0.884. The van der Waals surface area contributed by atoms with Crippen LogP contribution in [-0.2, 0) is 32.7 Å². The number of quaternary nitrogens is 1. The molecule has 0 aromatic carbocycles. The SMILES string of the molecule is CC/C=C\C/C=C\C/C=C\C/C=C\CCCCC(=O)OC[C@H](COP(=O)([O-])OCC[N+](C)(C)C)OC(=O)CCCCCCCCCCCCC/C=C\CCCCCCCC. The second-order valence-corrected chi connectivity index (χ2v) is 18.5. The van der Waals surface area contributed by atoms with Gasteiger partial charge in [-0.1, -0.05) is 164 Å². The number of hydrogen-bond donors (Lipinski definition) is 0. The molecule has 60 heavy (non-hydrogen) atoms. The number of likely N-dealkylation sites (N-methyl/N-ethyl adjacent to an activating group) is 1. The molecule has 348 valence electrons. The zero-order valence-corrected chi connectivity index (χ0v) is 40.0. The molecule has 10 heteroatoms. The van der Waals surface area contributed by atoms with Crippen LogP contribution < -0.4 is 4.89 Å². The average molecular weight is 864 g/mol. The quantitative estimate of drug-likeness (QED) is 0.0196. The van der Waals surface area contributed by atoms with E-state index in [0.29, 0.717) is 23.9 Å². The number of esters is 2. The molecule has 0 heterocycles. The van der Waals surface area contributed by atoms with E-state index < -0.39 is 32.5 Å². The van der Waals surface area contributed by atoms with Gasteiger partial charge in [-0.25, -0.2) is 0 Å². The first-order valence-corrected chi connectivity index (χ1v) is 25.5. The maximum Gasteiger partial charge on any atom is 0.306 e. The maximum absolute atomic E-state index is 12.7. The lowest BCUT2D eigenvalue weighted by Crippen LogP contribution is -2.37. The molecule has 0 aliphatic heterocycles. The van der Waals surface area contributed by atoms with E-state index in [4.69, 9.17) is 18.5 Å². The Morgan fingerprint density at radius 1 is 0.533 bits per heavy atom. The minimum absolute atomic E-state index is 0.0396. The number of phosphoric acid groups is 1. The molecular formula is C50H90NO8P. The van der Waals surface area contributed by atoms with E-state index in [9.17, 15) is 19.0 Å². The Hall–Kier alpha value is -2.29. The summed E-state index contributed by atoms with van der Waals surface area (Å²) in [5.41, 5.74) is 0. The van der Waals surface area contributed by atoms with Crippen LogP contribution in [0, 0.1) is 0 Å². The molecular weight excluding hydrogens is 774 g/mol. The van der Waals surface area contributed by atoms with Crippen LogP contribution >= 0.6 is 7.82 Å². The summed E-state index contributed by atoms with van der Waals surface area (Å²) in [5, 5.41) is 0. The predicted molar refractivity (Wildman–Crippen MR) is 250 cm³/mol. The number of carbonyl (C=O) groups is 2. The van der Waals surface area contributed by atoms with Crippen LogP contribution in [0.5, 0.6) is 0 Å². The number of ether oxygens (including phenoxy) is 2. The van der Waals surface area contributed by atoms with Crippen LogP contribution in [0.4, 0.5) is 0 Å². The molecule has 0 rings (SSSR count). The van der Waals surface area contributed by atoms with Gasteiger partial charge in [0.2, 0.25) is 0 Å². The van der Waals surface area contributed by atoms with Crippen molar-refractivity contribution in [3.63, 3.8) is 0 Å². The maximum atomic E-state index is 12.7. The van der Waals surface area contributed by atoms with Gasteiger partial charge in [0.05, 0.1) is 27.7 Å². The smallest absolute Gasteiger partial charge is 0.306 e. The number of phosphoric ester groups is 1. The third-order valence-corrected chi connectivity index (χ3v) is 11.0. The summed E-state index contributed by atoms with van der Waals surface area (Å²) in [6.45, 7) is 4.06. The zero-order chi connectivity index (χ0) is 44.3. The van der Waals surface area contributed by atoms with E-state index in [-0.39, 0.29) is 26.1 Å². The average Bonchev–Trinajstić information content (AvgIpc) is 3.20. The molecule has 2 atom stereocenters. The van der Waals surface area contributed by atoms with E-state index in [0.717, 1.165) is 57.8 Å². The molecule has 9 nitrogen and oxygen atoms in total. The summed E-state index contributed by atoms with van der Waals surface area (Å²) in [7, 11) is 1.14. The summed E-state index contributed by atoms with van der Waals surface area (Å²) in [4.78, 5) is 37.6. The van der Waals surface area contributed by atoms with E-state index in [1.165, 1.54) is 96.3 Å². The monoisotopic (exact) mass is 864 g/mol. The fourth-order valence-electron chi connectivity index (χ4n) is 6.29. The van der Waals surface area contributed by atoms with Gasteiger partial charge in [0, 0.05) is 12.8 Å². The zero-order valence-electron chi connectivity index (χ0n) is 39.1. The molecule has 0 aliphatic rings. The molecule has 0 saturated heterocycles. The third kappa shape index (κ3) is 45.2. The number of hydrogen-bond acceptors (Lipinski definition) is 8. The van der Waals surface area contributed by atoms with E-state index in [1.807, 2.05) is 21.1 Å². The van der Waals surface area contributed by atoms with Crippen molar-refractivity contribution >= 4 is 19.8 Å². The van der Waals surface area contributed by atoms with Gasteiger partial charge in [0.15, 0.2) is 6.10 Å². The molecule has 0 N–H and O–H groups in total. The van der Waals surface area contributed by atoms with Gasteiger partial charge in [0.1, 0.15) is 19.8 Å². The molecule has 0 aromatic heterocycles. The third-order valence-electron chi connectivity index (χ3n) is 10.0. The Kier molecular flexibility index (Phi) is 40.4. The normalized spacial score (nSPS) is 14.0. The summed E-state index contributed by atoms with van der Waals surface area (Å²) < 4.78 is 33.9. The Morgan fingerprint density at radius 3 is 1.47 bits per heavy atom. The Balaban J connectivity index is 4.33. The van der Waals surface area contributed by atoms with Crippen LogP contribution in [0.2, 0.25) is 0 Å². The van der Waals surface area contributed by atoms with Gasteiger partial charge in [0.25, 0.3) is 7.82 Å². The highest BCUT2D eigenvalue weighted by Crippen LogP contribution is 2.38. The fourth-order valence-corrected chi connectivity index (χ4v) is 7.02. The first-order chi connectivity index (χ1) is 29.0. The van der Waals surface area contributed by atoms with Crippen molar-refractivity contribution in [1.82, 2.24) is 0 Å². The lowest BCUT2D eigenvalue weighted by atomic mass is 10.0. The highest BCUT2D eigenvalue weighted by atomic mass is 31.2. The van der Waals surface area contributed by atoms with Crippen molar-refractivity contribution in [2.24, 2.45) is 0 Å². The number of carbonyl (C=O) groups excluding carboxylic acids is 2. The summed E-state index contributed by atoms with van der Waals surface area (Å²) >= 11 is 0. The van der Waals surface area contributed by atoms with Crippen LogP contribution in [0.1, 0.15) is 194 Å². The Morgan fingerprint density at radius 2 is 0.950 bits per heavy atom. The molecule has 1 unspecified atom stereocenters. The topological polar surface area (TPSA) is 111 Å². The minimum atomic E-state index is -4.64. The van der Waals surface area contributed by atoms with Crippen molar-refractivity contribution in [3.8, 4) is 0 Å². The lowest BCUT2D eigenvalue weighted by Gasteiger charge is -2.28. The Bertz CT molecular complexity index is 1210. The molecule has 0 aliphatic carbocycles. The predicted octanol–water partition coefficient (Wildman–Crippen LogP) is 13.4. The van der Waals surface area contributed by atoms with Crippen molar-refractivity contribution in [1.29, 1.82) is 0 Å². The second kappa shape index (κ2) is 42.0. The molecule has 0 spiro atoms. The van der Waals surface area contributed by atoms with E-state index in [2.05, 4.69) is 74.6 Å². The highest BCUT2D eigenvalue weighted by Gasteiger charge is 2.21. The van der Waals surface area contributed by atoms with Crippen LogP contribution in [0.15, 0.2) is 60.8 Å². The molecule has 0 saturated carbocycles. The van der Waals surface area contributed by atoms with Gasteiger partial charge in [-0.15, -0.1) is 0 Å². The molecule has 0 aromatic rings. The van der Waals surface area contributed by atoms with E-state index in [1.54, 1.807) is 0 Å². The second-order valence-electron chi connectivity index (χ2n) is 17.1. The molecule has 0 bridgehead atoms. The van der Waals surface area contributed by atoms with Crippen LogP contribution in [0.25, 0.3) is 0 Å². The van der Waals surface area contributed by atoms with Crippen LogP contribution in [-0.4, -0.2) is 70.0 Å². The molecule has 0 radical (unpaired) electrons. The van der Waals surface area contributed by atoms with Gasteiger partial charge in [-0.05, 0) is 77.0 Å². The number of rotatable bonds is 43. The number of unbranched alkanes of at least 4 members (excludes halogenated alkanes) is 19. The van der Waals surface area contributed by atoms with Gasteiger partial charge < -0.3 is 27.9 Å². The van der Waals surface area contributed by atoms with Gasteiger partial charge >= 0.3 is 11.9 Å². The van der Waals surface area contributed by atoms with Crippen LogP contribution in [0.3, 0.4) is 0 Å².